The molecule has 0 saturated carbocycles. The maximum Gasteiger partial charge on any atom is 0.321 e. The van der Waals surface area contributed by atoms with Crippen LogP contribution in [0, 0.1) is 0 Å². The smallest absolute Gasteiger partial charge is 0.321 e. The molecule has 3 amide bonds. The highest BCUT2D eigenvalue weighted by Gasteiger charge is 2.27. The molecule has 3 N–H and O–H groups in total. The minimum atomic E-state index is -3.62. The molecule has 0 spiro atoms. The Balaban J connectivity index is 2.20. The Bertz CT molecular complexity index is 820. The lowest BCUT2D eigenvalue weighted by Crippen LogP contribution is -2.41. The van der Waals surface area contributed by atoms with E-state index in [9.17, 15) is 18.0 Å². The topological polar surface area (TPSA) is 117 Å². The minimum Gasteiger partial charge on any atom is -0.489 e. The number of imide groups is 1. The van der Waals surface area contributed by atoms with Gasteiger partial charge in [-0.25, -0.2) is 13.2 Å². The first-order chi connectivity index (χ1) is 13.7. The van der Waals surface area contributed by atoms with Gasteiger partial charge in [0.05, 0.1) is 23.2 Å². The first kappa shape index (κ1) is 23.0. The number of benzene rings is 1. The lowest BCUT2D eigenvalue weighted by molar-refractivity contribution is -0.118. The van der Waals surface area contributed by atoms with Crippen LogP contribution in [0.15, 0.2) is 23.1 Å². The Morgan fingerprint density at radius 2 is 1.86 bits per heavy atom. The number of urea groups is 1. The summed E-state index contributed by atoms with van der Waals surface area (Å²) in [4.78, 5) is 23.6. The van der Waals surface area contributed by atoms with E-state index in [-0.39, 0.29) is 17.5 Å². The van der Waals surface area contributed by atoms with Crippen molar-refractivity contribution >= 4 is 27.6 Å². The first-order valence-electron chi connectivity index (χ1n) is 9.86. The van der Waals surface area contributed by atoms with Gasteiger partial charge in [0.2, 0.25) is 15.9 Å². The third-order valence-electron chi connectivity index (χ3n) is 4.30. The van der Waals surface area contributed by atoms with Crippen LogP contribution in [0.25, 0.3) is 0 Å². The predicted octanol–water partition coefficient (Wildman–Crippen LogP) is 1.91. The fraction of sp³-hybridized carbons (Fsp3) is 0.579. The zero-order chi connectivity index (χ0) is 21.4. The summed E-state index contributed by atoms with van der Waals surface area (Å²) in [5, 5.41) is 7.54. The highest BCUT2D eigenvalue weighted by Crippen LogP contribution is 2.30. The van der Waals surface area contributed by atoms with Gasteiger partial charge < -0.3 is 15.4 Å². The van der Waals surface area contributed by atoms with Crippen molar-refractivity contribution in [3.05, 3.63) is 18.2 Å². The van der Waals surface area contributed by atoms with Crippen molar-refractivity contribution in [1.29, 1.82) is 0 Å². The number of sulfonamides is 1. The fourth-order valence-corrected chi connectivity index (χ4v) is 4.51. The van der Waals surface area contributed by atoms with E-state index in [1.807, 2.05) is 13.8 Å². The summed E-state index contributed by atoms with van der Waals surface area (Å²) in [5.41, 5.74) is 0.378. The molecule has 1 aromatic carbocycles. The van der Waals surface area contributed by atoms with E-state index >= 15 is 0 Å². The average molecular weight is 427 g/mol. The molecule has 0 aliphatic carbocycles. The Hall–Kier alpha value is -2.33. The van der Waals surface area contributed by atoms with Gasteiger partial charge in [-0.1, -0.05) is 6.42 Å². The van der Waals surface area contributed by atoms with Gasteiger partial charge in [-0.15, -0.1) is 0 Å². The number of ether oxygens (including phenoxy) is 1. The number of carbonyl (C=O) groups excluding carboxylic acids is 2. The van der Waals surface area contributed by atoms with Crippen LogP contribution < -0.4 is 20.7 Å². The van der Waals surface area contributed by atoms with E-state index in [2.05, 4.69) is 16.0 Å². The number of carbonyl (C=O) groups is 2. The van der Waals surface area contributed by atoms with Crippen molar-refractivity contribution in [2.24, 2.45) is 0 Å². The quantitative estimate of drug-likeness (QED) is 0.585. The molecule has 1 aliphatic rings. The van der Waals surface area contributed by atoms with Gasteiger partial charge >= 0.3 is 6.03 Å². The van der Waals surface area contributed by atoms with Crippen molar-refractivity contribution in [3.8, 4) is 5.75 Å². The molecule has 1 fully saturated rings. The molecule has 10 heteroatoms. The highest BCUT2D eigenvalue weighted by molar-refractivity contribution is 7.89. The van der Waals surface area contributed by atoms with Gasteiger partial charge in [0, 0.05) is 19.6 Å². The van der Waals surface area contributed by atoms with Crippen LogP contribution in [0.5, 0.6) is 5.75 Å². The lowest BCUT2D eigenvalue weighted by atomic mass is 10.2. The molecule has 0 atom stereocenters. The second-order valence-electron chi connectivity index (χ2n) is 7.05. The van der Waals surface area contributed by atoms with Gasteiger partial charge in [-0.2, -0.15) is 4.31 Å². The fourth-order valence-electron chi connectivity index (χ4n) is 2.97. The van der Waals surface area contributed by atoms with Crippen LogP contribution in [0.4, 0.5) is 10.5 Å². The first-order valence-corrected chi connectivity index (χ1v) is 11.3. The van der Waals surface area contributed by atoms with Crippen molar-refractivity contribution in [2.45, 2.75) is 51.0 Å². The largest absolute Gasteiger partial charge is 0.489 e. The molecule has 0 radical (unpaired) electrons. The summed E-state index contributed by atoms with van der Waals surface area (Å²) in [7, 11) is -3.62. The molecule has 162 valence electrons. The van der Waals surface area contributed by atoms with Gasteiger partial charge in [0.15, 0.2) is 0 Å². The van der Waals surface area contributed by atoms with Crippen molar-refractivity contribution in [3.63, 3.8) is 0 Å². The summed E-state index contributed by atoms with van der Waals surface area (Å²) < 4.78 is 33.1. The Morgan fingerprint density at radius 1 is 1.17 bits per heavy atom. The number of hydrogen-bond donors (Lipinski definition) is 3. The molecule has 2 rings (SSSR count). The summed E-state index contributed by atoms with van der Waals surface area (Å²) in [6.45, 7) is 6.64. The lowest BCUT2D eigenvalue weighted by Gasteiger charge is -2.26. The van der Waals surface area contributed by atoms with Crippen LogP contribution in [0.1, 0.15) is 40.0 Å². The van der Waals surface area contributed by atoms with Gasteiger partial charge in [0.1, 0.15) is 5.75 Å². The van der Waals surface area contributed by atoms with Crippen LogP contribution in [0.3, 0.4) is 0 Å². The molecule has 1 aliphatic heterocycles. The van der Waals surface area contributed by atoms with Crippen molar-refractivity contribution < 1.29 is 22.7 Å². The highest BCUT2D eigenvalue weighted by atomic mass is 32.2. The number of rotatable bonds is 8. The number of hydrogen-bond acceptors (Lipinski definition) is 6. The summed E-state index contributed by atoms with van der Waals surface area (Å²) in [6.07, 6.45) is 2.59. The number of anilines is 1. The van der Waals surface area contributed by atoms with Crippen LogP contribution in [-0.2, 0) is 14.8 Å². The Morgan fingerprint density at radius 3 is 2.48 bits per heavy atom. The van der Waals surface area contributed by atoms with Crippen LogP contribution >= 0.6 is 0 Å². The third-order valence-corrected chi connectivity index (χ3v) is 6.19. The van der Waals surface area contributed by atoms with Crippen LogP contribution in [0.2, 0.25) is 0 Å². The monoisotopic (exact) mass is 426 g/mol. The maximum atomic E-state index is 13.0. The maximum absolute atomic E-state index is 13.0. The second-order valence-corrected chi connectivity index (χ2v) is 8.99. The number of piperidine rings is 1. The molecule has 1 aromatic rings. The summed E-state index contributed by atoms with van der Waals surface area (Å²) in [6, 6.07) is 3.99. The molecule has 29 heavy (non-hydrogen) atoms. The Kier molecular flexibility index (Phi) is 8.27. The van der Waals surface area contributed by atoms with E-state index in [1.165, 1.54) is 16.4 Å². The molecular weight excluding hydrogens is 396 g/mol. The summed E-state index contributed by atoms with van der Waals surface area (Å²) in [5.74, 6) is -0.112. The van der Waals surface area contributed by atoms with E-state index in [1.54, 1.807) is 13.0 Å². The molecule has 0 bridgehead atoms. The number of nitrogens with one attached hydrogen (secondary N) is 3. The molecular formula is C19H30N4O5S. The molecule has 1 saturated heterocycles. The molecule has 0 aromatic heterocycles. The van der Waals surface area contributed by atoms with E-state index < -0.39 is 22.0 Å². The molecule has 1 heterocycles. The standard InChI is InChI=1S/C19H30N4O5S/c1-4-20-19(25)22-18(24)13-21-16-12-15(8-9-17(16)28-14(2)3)29(26,27)23-10-6-5-7-11-23/h8-9,12,14,21H,4-7,10-11,13H2,1-3H3,(H2,20,22,24,25). The zero-order valence-corrected chi connectivity index (χ0v) is 18.0. The SMILES string of the molecule is CCNC(=O)NC(=O)CNc1cc(S(=O)(=O)N2CCCCC2)ccc1OC(C)C. The number of amides is 3. The molecule has 9 nitrogen and oxygen atoms in total. The Labute approximate surface area is 172 Å². The van der Waals surface area contributed by atoms with E-state index in [0.717, 1.165) is 19.3 Å². The van der Waals surface area contributed by atoms with Crippen LogP contribution in [-0.4, -0.2) is 56.9 Å². The van der Waals surface area contributed by atoms with Crippen molar-refractivity contribution in [1.82, 2.24) is 14.9 Å². The van der Waals surface area contributed by atoms with Crippen molar-refractivity contribution in [2.75, 3.05) is 31.5 Å². The second kappa shape index (κ2) is 10.4. The average Bonchev–Trinajstić information content (AvgIpc) is 2.67. The normalized spacial score (nSPS) is 15.0. The van der Waals surface area contributed by atoms with Gasteiger partial charge in [-0.3, -0.25) is 10.1 Å². The molecule has 0 unspecified atom stereocenters. The summed E-state index contributed by atoms with van der Waals surface area (Å²) >= 11 is 0. The third kappa shape index (κ3) is 6.60. The number of nitrogens with zero attached hydrogens (tertiary/aromatic N) is 1. The van der Waals surface area contributed by atoms with Gasteiger partial charge in [0.25, 0.3) is 0 Å². The van der Waals surface area contributed by atoms with E-state index in [0.29, 0.717) is 31.1 Å². The van der Waals surface area contributed by atoms with E-state index in [4.69, 9.17) is 4.74 Å². The van der Waals surface area contributed by atoms with Gasteiger partial charge in [-0.05, 0) is 51.8 Å². The predicted molar refractivity (Wildman–Crippen MR) is 111 cm³/mol. The minimum absolute atomic E-state index is 0.135. The zero-order valence-electron chi connectivity index (χ0n) is 17.2.